The van der Waals surface area contributed by atoms with Crippen LogP contribution in [-0.4, -0.2) is 27.2 Å². The van der Waals surface area contributed by atoms with Crippen molar-refractivity contribution in [3.05, 3.63) is 29.3 Å². The highest BCUT2D eigenvalue weighted by Crippen LogP contribution is 2.28. The van der Waals surface area contributed by atoms with Gasteiger partial charge in [0.15, 0.2) is 10.9 Å². The molecular weight excluding hydrogens is 276 g/mol. The Morgan fingerprint density at radius 2 is 2.05 bits per heavy atom. The quantitative estimate of drug-likeness (QED) is 0.718. The van der Waals surface area contributed by atoms with Crippen molar-refractivity contribution in [2.75, 3.05) is 11.5 Å². The molecule has 4 nitrogen and oxygen atoms in total. The molecule has 106 valence electrons. The van der Waals surface area contributed by atoms with Gasteiger partial charge in [0.1, 0.15) is 11.9 Å². The summed E-state index contributed by atoms with van der Waals surface area (Å²) in [6.07, 6.45) is -3.08. The fourth-order valence-corrected chi connectivity index (χ4v) is 2.18. The van der Waals surface area contributed by atoms with Crippen LogP contribution in [0.4, 0.5) is 14.5 Å². The van der Waals surface area contributed by atoms with Crippen LogP contribution in [0.1, 0.15) is 25.0 Å². The molecule has 0 saturated carbocycles. The number of aliphatic hydroxyl groups is 2. The van der Waals surface area contributed by atoms with Crippen molar-refractivity contribution in [1.82, 2.24) is 0 Å². The summed E-state index contributed by atoms with van der Waals surface area (Å²) in [5, 5.41) is 19.3. The number of aliphatic hydroxyl groups excluding tert-OH is 2. The van der Waals surface area contributed by atoms with E-state index in [0.29, 0.717) is 0 Å². The van der Waals surface area contributed by atoms with E-state index in [1.54, 1.807) is 0 Å². The van der Waals surface area contributed by atoms with Crippen LogP contribution in [0.2, 0.25) is 0 Å². The van der Waals surface area contributed by atoms with Crippen molar-refractivity contribution < 1.29 is 23.8 Å². The third-order valence-electron chi connectivity index (χ3n) is 2.54. The fraction of sp³-hybridized carbons (Fsp3) is 0.417. The Balaban J connectivity index is 2.79. The largest absolute Gasteiger partial charge is 0.396 e. The topological polar surface area (TPSA) is 83.5 Å². The Morgan fingerprint density at radius 3 is 2.63 bits per heavy atom. The molecule has 1 aromatic rings. The van der Waals surface area contributed by atoms with Gasteiger partial charge in [-0.15, -0.1) is 0 Å². The van der Waals surface area contributed by atoms with Crippen molar-refractivity contribution in [3.63, 3.8) is 0 Å². The van der Waals surface area contributed by atoms with Crippen LogP contribution in [0.3, 0.4) is 0 Å². The van der Waals surface area contributed by atoms with E-state index in [1.165, 1.54) is 6.92 Å². The Labute approximate surface area is 113 Å². The lowest BCUT2D eigenvalue weighted by atomic mass is 10.0. The van der Waals surface area contributed by atoms with Crippen LogP contribution in [0, 0.1) is 11.6 Å². The summed E-state index contributed by atoms with van der Waals surface area (Å²) >= 11 is 0.962. The minimum Gasteiger partial charge on any atom is -0.396 e. The van der Waals surface area contributed by atoms with Gasteiger partial charge in [0.05, 0.1) is 17.4 Å². The molecule has 0 bridgehead atoms. The summed E-state index contributed by atoms with van der Waals surface area (Å²) in [5.74, 6) is -1.80. The minimum atomic E-state index is -1.73. The summed E-state index contributed by atoms with van der Waals surface area (Å²) in [6, 6.07) is 1.97. The standard InChI is InChI=1S/C12H15F2NO3S/c1-6(16)19-5-4-9(17)12(18)10-7(13)2-3-8(15)11(10)14/h2-3,9,12,17-18H,4-5,15H2,1H3. The molecule has 7 heteroatoms. The lowest BCUT2D eigenvalue weighted by Crippen LogP contribution is -2.22. The van der Waals surface area contributed by atoms with E-state index in [-0.39, 0.29) is 23.0 Å². The van der Waals surface area contributed by atoms with E-state index in [0.717, 1.165) is 23.9 Å². The molecule has 1 rings (SSSR count). The Morgan fingerprint density at radius 1 is 1.42 bits per heavy atom. The van der Waals surface area contributed by atoms with E-state index in [1.807, 2.05) is 0 Å². The van der Waals surface area contributed by atoms with Gasteiger partial charge in [0.25, 0.3) is 0 Å². The van der Waals surface area contributed by atoms with E-state index < -0.39 is 29.4 Å². The van der Waals surface area contributed by atoms with Crippen molar-refractivity contribution in [3.8, 4) is 0 Å². The Bertz CT molecular complexity index is 471. The maximum Gasteiger partial charge on any atom is 0.185 e. The summed E-state index contributed by atoms with van der Waals surface area (Å²) in [7, 11) is 0. The SMILES string of the molecule is CC(=O)SCCC(O)C(O)c1c(F)ccc(N)c1F. The molecule has 0 aliphatic heterocycles. The molecule has 0 aliphatic carbocycles. The number of nitrogen functional groups attached to an aromatic ring is 1. The number of hydrogen-bond acceptors (Lipinski definition) is 5. The van der Waals surface area contributed by atoms with E-state index in [4.69, 9.17) is 5.73 Å². The van der Waals surface area contributed by atoms with Crippen molar-refractivity contribution in [2.45, 2.75) is 25.6 Å². The zero-order valence-corrected chi connectivity index (χ0v) is 11.1. The van der Waals surface area contributed by atoms with Gasteiger partial charge in [-0.3, -0.25) is 4.79 Å². The van der Waals surface area contributed by atoms with Gasteiger partial charge >= 0.3 is 0 Å². The van der Waals surface area contributed by atoms with Crippen LogP contribution < -0.4 is 5.73 Å². The molecular formula is C12H15F2NO3S. The molecule has 0 aromatic heterocycles. The maximum absolute atomic E-state index is 13.6. The first-order chi connectivity index (χ1) is 8.84. The average molecular weight is 291 g/mol. The zero-order valence-electron chi connectivity index (χ0n) is 10.3. The van der Waals surface area contributed by atoms with Crippen LogP contribution >= 0.6 is 11.8 Å². The Hall–Kier alpha value is -1.18. The monoisotopic (exact) mass is 291 g/mol. The number of rotatable bonds is 5. The number of hydrogen-bond donors (Lipinski definition) is 3. The predicted octanol–water partition coefficient (Wildman–Crippen LogP) is 1.61. The highest BCUT2D eigenvalue weighted by atomic mass is 32.2. The third-order valence-corrected chi connectivity index (χ3v) is 3.38. The Kier molecular flexibility index (Phi) is 5.71. The highest BCUT2D eigenvalue weighted by molar-refractivity contribution is 8.13. The summed E-state index contributed by atoms with van der Waals surface area (Å²) in [5.41, 5.74) is 4.33. The first-order valence-corrected chi connectivity index (χ1v) is 6.56. The fourth-order valence-electron chi connectivity index (χ4n) is 1.53. The normalized spacial score (nSPS) is 14.2. The molecule has 0 radical (unpaired) electrons. The van der Waals surface area contributed by atoms with Gasteiger partial charge in [-0.05, 0) is 18.6 Å². The van der Waals surface area contributed by atoms with Crippen molar-refractivity contribution in [1.29, 1.82) is 0 Å². The lowest BCUT2D eigenvalue weighted by Gasteiger charge is -2.19. The number of anilines is 1. The smallest absolute Gasteiger partial charge is 0.185 e. The molecule has 2 atom stereocenters. The van der Waals surface area contributed by atoms with Gasteiger partial charge in [-0.1, -0.05) is 11.8 Å². The molecule has 0 heterocycles. The first kappa shape index (κ1) is 15.9. The second kappa shape index (κ2) is 6.83. The van der Waals surface area contributed by atoms with Gasteiger partial charge in [-0.25, -0.2) is 8.78 Å². The van der Waals surface area contributed by atoms with Gasteiger partial charge in [-0.2, -0.15) is 0 Å². The number of nitrogens with two attached hydrogens (primary N) is 1. The average Bonchev–Trinajstić information content (AvgIpc) is 2.33. The molecule has 1 aromatic carbocycles. The molecule has 0 fully saturated rings. The molecule has 0 amide bonds. The van der Waals surface area contributed by atoms with Gasteiger partial charge < -0.3 is 15.9 Å². The summed E-state index contributed by atoms with van der Waals surface area (Å²) in [6.45, 7) is 1.37. The maximum atomic E-state index is 13.6. The van der Waals surface area contributed by atoms with E-state index in [2.05, 4.69) is 0 Å². The predicted molar refractivity (Wildman–Crippen MR) is 69.5 cm³/mol. The second-order valence-corrected chi connectivity index (χ2v) is 5.28. The van der Waals surface area contributed by atoms with Gasteiger partial charge in [0, 0.05) is 12.7 Å². The molecule has 0 aliphatic rings. The highest BCUT2D eigenvalue weighted by Gasteiger charge is 2.26. The number of carbonyl (C=O) groups is 1. The van der Waals surface area contributed by atoms with E-state index >= 15 is 0 Å². The van der Waals surface area contributed by atoms with Crippen molar-refractivity contribution >= 4 is 22.6 Å². The van der Waals surface area contributed by atoms with Crippen LogP contribution in [0.25, 0.3) is 0 Å². The minimum absolute atomic E-state index is 0.0269. The number of halogens is 2. The third kappa shape index (κ3) is 4.15. The second-order valence-electron chi connectivity index (χ2n) is 4.01. The number of benzene rings is 1. The van der Waals surface area contributed by atoms with Crippen LogP contribution in [-0.2, 0) is 4.79 Å². The first-order valence-electron chi connectivity index (χ1n) is 5.57. The summed E-state index contributed by atoms with van der Waals surface area (Å²) in [4.78, 5) is 10.7. The summed E-state index contributed by atoms with van der Waals surface area (Å²) < 4.78 is 27.1. The zero-order chi connectivity index (χ0) is 14.6. The van der Waals surface area contributed by atoms with Gasteiger partial charge in [0.2, 0.25) is 0 Å². The number of thioether (sulfide) groups is 1. The molecule has 2 unspecified atom stereocenters. The van der Waals surface area contributed by atoms with Crippen LogP contribution in [0.5, 0.6) is 0 Å². The number of carbonyl (C=O) groups excluding carboxylic acids is 1. The van der Waals surface area contributed by atoms with Crippen LogP contribution in [0.15, 0.2) is 12.1 Å². The molecule has 0 spiro atoms. The molecule has 4 N–H and O–H groups in total. The lowest BCUT2D eigenvalue weighted by molar-refractivity contribution is -0.109. The molecule has 19 heavy (non-hydrogen) atoms. The van der Waals surface area contributed by atoms with E-state index in [9.17, 15) is 23.8 Å². The molecule has 0 saturated heterocycles. The van der Waals surface area contributed by atoms with Crippen molar-refractivity contribution in [2.24, 2.45) is 0 Å².